The van der Waals surface area contributed by atoms with Gasteiger partial charge in [-0.05, 0) is 68.2 Å². The molecule has 5 aromatic rings. The van der Waals surface area contributed by atoms with Crippen LogP contribution in [0.1, 0.15) is 44.6 Å². The van der Waals surface area contributed by atoms with Crippen LogP contribution in [0.3, 0.4) is 0 Å². The van der Waals surface area contributed by atoms with Gasteiger partial charge in [0.1, 0.15) is 21.7 Å². The highest BCUT2D eigenvalue weighted by Gasteiger charge is 2.52. The summed E-state index contributed by atoms with van der Waals surface area (Å²) in [4.78, 5) is 4.49. The van der Waals surface area contributed by atoms with Crippen LogP contribution in [0.5, 0.6) is 11.5 Å². The van der Waals surface area contributed by atoms with Crippen LogP contribution in [0.4, 0.5) is 0 Å². The molecule has 4 aromatic carbocycles. The summed E-state index contributed by atoms with van der Waals surface area (Å²) in [6, 6.07) is 36.2. The Labute approximate surface area is 280 Å². The van der Waals surface area contributed by atoms with Crippen molar-refractivity contribution in [2.24, 2.45) is 0 Å². The maximum atomic E-state index is 11.7. The molecule has 1 aromatic heterocycles. The number of aliphatic hydroxyl groups excluding tert-OH is 1. The van der Waals surface area contributed by atoms with Gasteiger partial charge in [0.25, 0.3) is 0 Å². The van der Waals surface area contributed by atoms with Crippen LogP contribution in [-0.2, 0) is 4.08 Å². The van der Waals surface area contributed by atoms with Crippen LogP contribution in [-0.4, -0.2) is 37.0 Å². The molecule has 4 nitrogen and oxygen atoms in total. The molecule has 1 N–H and O–H groups in total. The van der Waals surface area contributed by atoms with E-state index in [4.69, 9.17) is 9.16 Å². The molecule has 6 rings (SSSR count). The lowest BCUT2D eigenvalue weighted by atomic mass is 9.98. The number of rotatable bonds is 9. The van der Waals surface area contributed by atoms with Crippen LogP contribution in [0, 0.1) is 0 Å². The maximum absolute atomic E-state index is 11.7. The predicted octanol–water partition coefficient (Wildman–Crippen LogP) is 8.51. The third kappa shape index (κ3) is 6.23. The van der Waals surface area contributed by atoms with Crippen LogP contribution < -0.4 is 19.5 Å². The molecule has 0 radical (unpaired) electrons. The fraction of sp³-hybridized carbons (Fsp3) is 0.270. The molecule has 0 spiro atoms. The van der Waals surface area contributed by atoms with Gasteiger partial charge in [-0.2, -0.15) is 0 Å². The number of thioether (sulfide) groups is 2. The maximum Gasteiger partial charge on any atom is 0.319 e. The standard InChI is InChI=1S/C37H39NO3S3Si/c1-36(2,3)45(32-15-7-5-8-16-32,33-17-9-6-10-18-33)41-31-23-28(22-30(24-31)40-4)27-13-11-14-29(21-27)37(43-19-12-20-44-37)35(39)34-25-42-26-38-34/h5-11,13-18,21-26,35,39H,12,19-20H2,1-4H3. The fourth-order valence-electron chi connectivity index (χ4n) is 6.24. The Bertz CT molecular complexity index is 1660. The highest BCUT2D eigenvalue weighted by atomic mass is 32.2. The van der Waals surface area contributed by atoms with Crippen molar-refractivity contribution in [3.05, 3.63) is 125 Å². The van der Waals surface area contributed by atoms with Gasteiger partial charge < -0.3 is 14.3 Å². The zero-order chi connectivity index (χ0) is 31.5. The normalized spacial score (nSPS) is 15.8. The van der Waals surface area contributed by atoms with Gasteiger partial charge >= 0.3 is 8.32 Å². The first-order chi connectivity index (χ1) is 21.8. The Morgan fingerprint density at radius 1 is 0.800 bits per heavy atom. The molecule has 2 heterocycles. The van der Waals surface area contributed by atoms with Crippen LogP contribution in [0.15, 0.2) is 114 Å². The third-order valence-electron chi connectivity index (χ3n) is 8.41. The number of ether oxygens (including phenoxy) is 1. The molecule has 8 heteroatoms. The van der Waals surface area contributed by atoms with E-state index in [1.807, 2.05) is 35.0 Å². The van der Waals surface area contributed by atoms with Crippen molar-refractivity contribution < 1.29 is 14.3 Å². The Morgan fingerprint density at radius 2 is 1.44 bits per heavy atom. The lowest BCUT2D eigenvalue weighted by Gasteiger charge is -2.43. The SMILES string of the molecule is COc1cc(O[Si](c2ccccc2)(c2ccccc2)C(C)(C)C)cc(-c2cccc(C3(C(O)c4cscn4)SCCCS3)c2)c1. The minimum absolute atomic E-state index is 0.174. The number of aliphatic hydroxyl groups is 1. The van der Waals surface area contributed by atoms with Crippen molar-refractivity contribution in [3.8, 4) is 22.6 Å². The van der Waals surface area contributed by atoms with Gasteiger partial charge in [0.2, 0.25) is 0 Å². The smallest absolute Gasteiger partial charge is 0.319 e. The van der Waals surface area contributed by atoms with Crippen molar-refractivity contribution >= 4 is 53.6 Å². The Hall–Kier alpha value is -3.01. The number of benzene rings is 4. The second-order valence-corrected chi connectivity index (χ2v) is 20.2. The number of aromatic nitrogens is 1. The Kier molecular flexibility index (Phi) is 9.50. The molecule has 0 saturated carbocycles. The monoisotopic (exact) mass is 669 g/mol. The summed E-state index contributed by atoms with van der Waals surface area (Å²) in [6.07, 6.45) is 0.410. The third-order valence-corrected chi connectivity index (χ3v) is 17.4. The van der Waals surface area contributed by atoms with Gasteiger partial charge in [-0.15, -0.1) is 34.9 Å². The lowest BCUT2D eigenvalue weighted by Crippen LogP contribution is -2.68. The van der Waals surface area contributed by atoms with Crippen molar-refractivity contribution in [2.75, 3.05) is 18.6 Å². The summed E-state index contributed by atoms with van der Waals surface area (Å²) in [5.41, 5.74) is 5.68. The van der Waals surface area contributed by atoms with Crippen molar-refractivity contribution in [3.63, 3.8) is 0 Å². The van der Waals surface area contributed by atoms with Gasteiger partial charge in [-0.1, -0.05) is 99.6 Å². The van der Waals surface area contributed by atoms with Gasteiger partial charge in [0, 0.05) is 11.4 Å². The van der Waals surface area contributed by atoms with E-state index >= 15 is 0 Å². The fourth-order valence-corrected chi connectivity index (χ4v) is 14.6. The molecule has 0 bridgehead atoms. The molecular weight excluding hydrogens is 631 g/mol. The summed E-state index contributed by atoms with van der Waals surface area (Å²) < 4.78 is 12.7. The first-order valence-corrected chi connectivity index (χ1v) is 20.0. The van der Waals surface area contributed by atoms with Gasteiger partial charge in [-0.25, -0.2) is 4.98 Å². The molecule has 232 valence electrons. The van der Waals surface area contributed by atoms with Crippen molar-refractivity contribution in [2.45, 2.75) is 42.4 Å². The first kappa shape index (κ1) is 31.9. The molecule has 1 aliphatic heterocycles. The minimum Gasteiger partial charge on any atom is -0.534 e. The molecule has 45 heavy (non-hydrogen) atoms. The van der Waals surface area contributed by atoms with E-state index in [1.165, 1.54) is 21.7 Å². The second-order valence-electron chi connectivity index (χ2n) is 12.3. The van der Waals surface area contributed by atoms with Crippen LogP contribution in [0.25, 0.3) is 11.1 Å². The molecule has 1 aliphatic rings. The number of methoxy groups -OCH3 is 1. The van der Waals surface area contributed by atoms with Crippen LogP contribution >= 0.6 is 34.9 Å². The summed E-state index contributed by atoms with van der Waals surface area (Å²) in [6.45, 7) is 6.86. The topological polar surface area (TPSA) is 51.6 Å². The van der Waals surface area contributed by atoms with E-state index in [-0.39, 0.29) is 5.04 Å². The van der Waals surface area contributed by atoms with E-state index < -0.39 is 18.5 Å². The van der Waals surface area contributed by atoms with Crippen molar-refractivity contribution in [1.29, 1.82) is 0 Å². The van der Waals surface area contributed by atoms with E-state index in [0.29, 0.717) is 0 Å². The summed E-state index contributed by atoms with van der Waals surface area (Å²) >= 11 is 5.17. The summed E-state index contributed by atoms with van der Waals surface area (Å²) in [7, 11) is -1.14. The first-order valence-electron chi connectivity index (χ1n) is 15.2. The molecule has 1 unspecified atom stereocenters. The highest BCUT2D eigenvalue weighted by molar-refractivity contribution is 8.18. The molecule has 1 saturated heterocycles. The molecule has 0 amide bonds. The predicted molar refractivity (Wildman–Crippen MR) is 195 cm³/mol. The Balaban J connectivity index is 1.46. The zero-order valence-corrected chi connectivity index (χ0v) is 29.6. The molecule has 1 atom stereocenters. The lowest BCUT2D eigenvalue weighted by molar-refractivity contribution is 0.159. The van der Waals surface area contributed by atoms with E-state index in [0.717, 1.165) is 51.8 Å². The highest BCUT2D eigenvalue weighted by Crippen LogP contribution is 2.57. The summed E-state index contributed by atoms with van der Waals surface area (Å²) in [5.74, 6) is 3.51. The average molecular weight is 670 g/mol. The van der Waals surface area contributed by atoms with Gasteiger partial charge in [0.05, 0.1) is 18.3 Å². The van der Waals surface area contributed by atoms with E-state index in [9.17, 15) is 5.11 Å². The average Bonchev–Trinajstić information content (AvgIpc) is 3.62. The number of hydrogen-bond acceptors (Lipinski definition) is 7. The van der Waals surface area contributed by atoms with Gasteiger partial charge in [-0.3, -0.25) is 0 Å². The van der Waals surface area contributed by atoms with Crippen LogP contribution in [0.2, 0.25) is 5.04 Å². The van der Waals surface area contributed by atoms with Crippen molar-refractivity contribution in [1.82, 2.24) is 4.98 Å². The molecular formula is C37H39NO3S3Si. The summed E-state index contributed by atoms with van der Waals surface area (Å²) in [5, 5.41) is 15.9. The quantitative estimate of drug-likeness (QED) is 0.159. The van der Waals surface area contributed by atoms with E-state index in [2.05, 4.69) is 123 Å². The number of nitrogens with zero attached hydrogens (tertiary/aromatic N) is 1. The minimum atomic E-state index is -2.85. The second kappa shape index (κ2) is 13.4. The Morgan fingerprint density at radius 3 is 2.02 bits per heavy atom. The largest absolute Gasteiger partial charge is 0.534 e. The zero-order valence-electron chi connectivity index (χ0n) is 26.1. The van der Waals surface area contributed by atoms with E-state index in [1.54, 1.807) is 12.6 Å². The molecule has 1 fully saturated rings. The number of hydrogen-bond donors (Lipinski definition) is 1. The number of thiazole rings is 1. The molecule has 0 aliphatic carbocycles. The van der Waals surface area contributed by atoms with Gasteiger partial charge in [0.15, 0.2) is 0 Å².